The van der Waals surface area contributed by atoms with Gasteiger partial charge in [-0.05, 0) is 23.4 Å². The molecule has 1 N–H and O–H groups in total. The van der Waals surface area contributed by atoms with Crippen LogP contribution in [0.1, 0.15) is 5.56 Å². The molecule has 9 nitrogen and oxygen atoms in total. The van der Waals surface area contributed by atoms with Crippen LogP contribution in [0.25, 0.3) is 0 Å². The van der Waals surface area contributed by atoms with Gasteiger partial charge in [-0.1, -0.05) is 15.9 Å². The van der Waals surface area contributed by atoms with Gasteiger partial charge in [0.1, 0.15) is 11.4 Å². The number of aliphatic imine (C=N–C) groups is 1. The number of nitro benzene ring substituents is 2. The maximum Gasteiger partial charge on any atom is 0.273 e. The summed E-state index contributed by atoms with van der Waals surface area (Å²) in [5, 5.41) is 42.9. The third-order valence-electron chi connectivity index (χ3n) is 2.77. The molecule has 0 unspecified atom stereocenters. The molecule has 0 amide bonds. The smallest absolute Gasteiger partial charge is 0.273 e. The molecule has 2 aromatic rings. The van der Waals surface area contributed by atoms with E-state index in [0.717, 1.165) is 24.4 Å². The minimum absolute atomic E-state index is 0.0161. The number of hydrogen-bond acceptors (Lipinski definition) is 7. The van der Waals surface area contributed by atoms with Crippen LogP contribution < -0.4 is 5.11 Å². The molecule has 0 spiro atoms. The molecule has 10 heteroatoms. The van der Waals surface area contributed by atoms with Crippen molar-refractivity contribution in [2.24, 2.45) is 4.99 Å². The number of nitrogens with zero attached hydrogens (tertiary/aromatic N) is 3. The first kappa shape index (κ1) is 16.4. The van der Waals surface area contributed by atoms with Gasteiger partial charge < -0.3 is 10.2 Å². The van der Waals surface area contributed by atoms with E-state index in [4.69, 9.17) is 0 Å². The number of phenols is 1. The van der Waals surface area contributed by atoms with Gasteiger partial charge in [0.25, 0.3) is 11.4 Å². The van der Waals surface area contributed by atoms with E-state index in [9.17, 15) is 30.4 Å². The summed E-state index contributed by atoms with van der Waals surface area (Å²) in [6.07, 6.45) is 1.04. The molecule has 0 aliphatic heterocycles. The van der Waals surface area contributed by atoms with Gasteiger partial charge in [-0.2, -0.15) is 0 Å². The Bertz CT molecular complexity index is 837. The molecular formula is C13H7BrN3O6-. The molecule has 0 aliphatic carbocycles. The molecule has 0 heterocycles. The van der Waals surface area contributed by atoms with E-state index in [2.05, 4.69) is 20.9 Å². The topological polar surface area (TPSA) is 142 Å². The summed E-state index contributed by atoms with van der Waals surface area (Å²) in [4.78, 5) is 23.7. The van der Waals surface area contributed by atoms with Gasteiger partial charge in [0.05, 0.1) is 15.9 Å². The average molecular weight is 381 g/mol. The Morgan fingerprint density at radius 2 is 1.83 bits per heavy atom. The van der Waals surface area contributed by atoms with E-state index in [1.54, 1.807) is 0 Å². The van der Waals surface area contributed by atoms with E-state index in [-0.39, 0.29) is 16.9 Å². The van der Waals surface area contributed by atoms with Crippen LogP contribution in [-0.4, -0.2) is 21.2 Å². The Morgan fingerprint density at radius 1 is 1.13 bits per heavy atom. The summed E-state index contributed by atoms with van der Waals surface area (Å²) in [7, 11) is 0. The first-order valence-corrected chi connectivity index (χ1v) is 6.75. The maximum absolute atomic E-state index is 11.9. The summed E-state index contributed by atoms with van der Waals surface area (Å²) in [5.41, 5.74) is -1.01. The summed E-state index contributed by atoms with van der Waals surface area (Å²) in [6, 6.07) is 5.65. The minimum atomic E-state index is -0.830. The summed E-state index contributed by atoms with van der Waals surface area (Å²) < 4.78 is 0.318. The highest BCUT2D eigenvalue weighted by molar-refractivity contribution is 9.10. The summed E-state index contributed by atoms with van der Waals surface area (Å²) in [6.45, 7) is 0. The molecule has 118 valence electrons. The van der Waals surface area contributed by atoms with Crippen molar-refractivity contribution in [1.29, 1.82) is 0 Å². The van der Waals surface area contributed by atoms with Gasteiger partial charge in [0, 0.05) is 22.8 Å². The van der Waals surface area contributed by atoms with E-state index in [0.29, 0.717) is 4.47 Å². The van der Waals surface area contributed by atoms with Crippen molar-refractivity contribution in [3.8, 4) is 11.5 Å². The fraction of sp³-hybridized carbons (Fsp3) is 0. The van der Waals surface area contributed by atoms with Crippen molar-refractivity contribution in [1.82, 2.24) is 0 Å². The molecule has 0 fully saturated rings. The lowest BCUT2D eigenvalue weighted by molar-refractivity contribution is -0.398. The van der Waals surface area contributed by atoms with Gasteiger partial charge in [0.15, 0.2) is 0 Å². The highest BCUT2D eigenvalue weighted by Gasteiger charge is 2.12. The lowest BCUT2D eigenvalue weighted by Crippen LogP contribution is -2.02. The van der Waals surface area contributed by atoms with Crippen molar-refractivity contribution in [2.45, 2.75) is 0 Å². The van der Waals surface area contributed by atoms with Crippen molar-refractivity contribution < 1.29 is 20.1 Å². The summed E-state index contributed by atoms with van der Waals surface area (Å²) in [5.74, 6) is -1.28. The number of benzene rings is 2. The Hall–Kier alpha value is -3.01. The minimum Gasteiger partial charge on any atom is -0.867 e. The van der Waals surface area contributed by atoms with Crippen LogP contribution in [0.5, 0.6) is 11.5 Å². The first-order valence-electron chi connectivity index (χ1n) is 5.96. The average Bonchev–Trinajstić information content (AvgIpc) is 2.48. The molecule has 0 aromatic heterocycles. The second-order valence-corrected chi connectivity index (χ2v) is 5.20. The van der Waals surface area contributed by atoms with Crippen molar-refractivity contribution in [2.75, 3.05) is 0 Å². The number of phenolic OH excluding ortho intramolecular Hbond substituents is 1. The van der Waals surface area contributed by atoms with Crippen LogP contribution in [-0.2, 0) is 0 Å². The van der Waals surface area contributed by atoms with Crippen LogP contribution in [0.2, 0.25) is 0 Å². The van der Waals surface area contributed by atoms with Gasteiger partial charge in [-0.25, -0.2) is 0 Å². The van der Waals surface area contributed by atoms with Gasteiger partial charge in [-0.15, -0.1) is 0 Å². The Balaban J connectivity index is 2.41. The Labute approximate surface area is 137 Å². The lowest BCUT2D eigenvalue weighted by atomic mass is 10.2. The van der Waals surface area contributed by atoms with Crippen molar-refractivity contribution in [3.05, 3.63) is 60.6 Å². The number of rotatable bonds is 4. The van der Waals surface area contributed by atoms with Crippen LogP contribution in [0.4, 0.5) is 17.1 Å². The molecule has 2 rings (SSSR count). The van der Waals surface area contributed by atoms with Gasteiger partial charge >= 0.3 is 0 Å². The van der Waals surface area contributed by atoms with Crippen LogP contribution in [0, 0.1) is 20.2 Å². The SMILES string of the molecule is O=[N+]([O-])c1ccc(N=Cc2cc(Br)cc([N+](=O)[O-])c2[O-])c(O)c1. The van der Waals surface area contributed by atoms with E-state index < -0.39 is 27.0 Å². The molecule has 0 bridgehead atoms. The van der Waals surface area contributed by atoms with Crippen LogP contribution in [0.15, 0.2) is 39.8 Å². The predicted molar refractivity (Wildman–Crippen MR) is 82.3 cm³/mol. The fourth-order valence-corrected chi connectivity index (χ4v) is 2.17. The second-order valence-electron chi connectivity index (χ2n) is 4.29. The van der Waals surface area contributed by atoms with Crippen molar-refractivity contribution in [3.63, 3.8) is 0 Å². The lowest BCUT2D eigenvalue weighted by Gasteiger charge is -2.11. The number of hydrogen-bond donors (Lipinski definition) is 1. The standard InChI is InChI=1S/C13H8BrN3O6/c14-8-3-7(13(19)11(4-8)17(22)23)6-15-10-2-1-9(16(20)21)5-12(10)18/h1-6,18-19H/p-1. The largest absolute Gasteiger partial charge is 0.867 e. The quantitative estimate of drug-likeness (QED) is 0.490. The van der Waals surface area contributed by atoms with E-state index >= 15 is 0 Å². The predicted octanol–water partition coefficient (Wildman–Crippen LogP) is 2.80. The first-order chi connectivity index (χ1) is 10.8. The van der Waals surface area contributed by atoms with E-state index in [1.807, 2.05) is 0 Å². The molecule has 0 aliphatic rings. The second kappa shape index (κ2) is 6.40. The highest BCUT2D eigenvalue weighted by Crippen LogP contribution is 2.33. The zero-order chi connectivity index (χ0) is 17.1. The normalized spacial score (nSPS) is 10.8. The monoisotopic (exact) mass is 380 g/mol. The molecule has 0 saturated heterocycles. The Kier molecular flexibility index (Phi) is 4.55. The van der Waals surface area contributed by atoms with E-state index in [1.165, 1.54) is 12.1 Å². The van der Waals surface area contributed by atoms with Crippen molar-refractivity contribution >= 4 is 39.2 Å². The zero-order valence-corrected chi connectivity index (χ0v) is 12.8. The zero-order valence-electron chi connectivity index (χ0n) is 11.2. The Morgan fingerprint density at radius 3 is 2.39 bits per heavy atom. The number of halogens is 1. The third-order valence-corrected chi connectivity index (χ3v) is 3.23. The summed E-state index contributed by atoms with van der Waals surface area (Å²) >= 11 is 3.05. The molecule has 23 heavy (non-hydrogen) atoms. The van der Waals surface area contributed by atoms with Crippen LogP contribution >= 0.6 is 15.9 Å². The van der Waals surface area contributed by atoms with Gasteiger partial charge in [-0.3, -0.25) is 25.2 Å². The molecular weight excluding hydrogens is 374 g/mol. The van der Waals surface area contributed by atoms with Gasteiger partial charge in [0.2, 0.25) is 0 Å². The molecule has 2 aromatic carbocycles. The molecule has 0 radical (unpaired) electrons. The fourth-order valence-electron chi connectivity index (χ4n) is 1.70. The number of nitro groups is 2. The van der Waals surface area contributed by atoms with Crippen LogP contribution in [0.3, 0.4) is 0 Å². The number of aromatic hydroxyl groups is 1. The molecule has 0 saturated carbocycles. The highest BCUT2D eigenvalue weighted by atomic mass is 79.9. The molecule has 0 atom stereocenters. The third kappa shape index (κ3) is 3.61. The number of non-ortho nitro benzene ring substituents is 1. The maximum atomic E-state index is 11.9.